The minimum absolute atomic E-state index is 0.154. The van der Waals surface area contributed by atoms with Crippen molar-refractivity contribution in [3.8, 4) is 11.5 Å². The van der Waals surface area contributed by atoms with Gasteiger partial charge in [0.15, 0.2) is 6.61 Å². The number of carbonyl (C=O) groups is 1. The molecule has 6 heteroatoms. The summed E-state index contributed by atoms with van der Waals surface area (Å²) in [6.07, 6.45) is 1.65. The predicted octanol–water partition coefficient (Wildman–Crippen LogP) is 3.08. The van der Waals surface area contributed by atoms with Crippen LogP contribution in [0.4, 0.5) is 4.39 Å². The highest BCUT2D eigenvalue weighted by molar-refractivity contribution is 5.77. The minimum Gasteiger partial charge on any atom is -0.497 e. The molecule has 0 aliphatic carbocycles. The van der Waals surface area contributed by atoms with Crippen LogP contribution in [0.5, 0.6) is 11.5 Å². The first-order chi connectivity index (χ1) is 13.1. The summed E-state index contributed by atoms with van der Waals surface area (Å²) in [6.45, 7) is 1.65. The fourth-order valence-corrected chi connectivity index (χ4v) is 3.30. The van der Waals surface area contributed by atoms with Crippen molar-refractivity contribution in [2.24, 2.45) is 0 Å². The third-order valence-corrected chi connectivity index (χ3v) is 4.94. The van der Waals surface area contributed by atoms with Crippen LogP contribution in [-0.4, -0.2) is 39.4 Å². The molecular weight excluding hydrogens is 349 g/mol. The Morgan fingerprint density at radius 2 is 1.89 bits per heavy atom. The maximum atomic E-state index is 13.2. The van der Waals surface area contributed by atoms with Gasteiger partial charge in [-0.2, -0.15) is 0 Å². The number of halogens is 1. The summed E-state index contributed by atoms with van der Waals surface area (Å²) >= 11 is 0. The molecular formula is C21H24FNO4. The van der Waals surface area contributed by atoms with E-state index in [1.807, 2.05) is 24.3 Å². The molecule has 0 unspecified atom stereocenters. The smallest absolute Gasteiger partial charge is 0.257 e. The number of methoxy groups -OCH3 is 1. The molecule has 27 heavy (non-hydrogen) atoms. The number of carbonyl (C=O) groups excluding carboxylic acids is 1. The molecule has 144 valence electrons. The van der Waals surface area contributed by atoms with E-state index in [-0.39, 0.29) is 17.9 Å². The molecule has 1 N–H and O–H groups in total. The zero-order valence-corrected chi connectivity index (χ0v) is 15.4. The molecule has 0 bridgehead atoms. The van der Waals surface area contributed by atoms with Crippen molar-refractivity contribution in [2.45, 2.75) is 18.3 Å². The van der Waals surface area contributed by atoms with E-state index in [2.05, 4.69) is 5.32 Å². The van der Waals surface area contributed by atoms with Gasteiger partial charge in [-0.3, -0.25) is 4.79 Å². The first-order valence-electron chi connectivity index (χ1n) is 8.99. The van der Waals surface area contributed by atoms with Crippen molar-refractivity contribution in [2.75, 3.05) is 33.5 Å². The second-order valence-electron chi connectivity index (χ2n) is 6.64. The second-order valence-corrected chi connectivity index (χ2v) is 6.64. The molecule has 1 aliphatic rings. The molecule has 1 amide bonds. The van der Waals surface area contributed by atoms with Crippen LogP contribution in [0.2, 0.25) is 0 Å². The zero-order valence-electron chi connectivity index (χ0n) is 15.4. The van der Waals surface area contributed by atoms with Crippen LogP contribution >= 0.6 is 0 Å². The lowest BCUT2D eigenvalue weighted by atomic mass is 9.74. The molecule has 0 saturated carbocycles. The highest BCUT2D eigenvalue weighted by Crippen LogP contribution is 2.35. The third-order valence-electron chi connectivity index (χ3n) is 4.94. The van der Waals surface area contributed by atoms with Crippen molar-refractivity contribution in [1.82, 2.24) is 5.32 Å². The summed E-state index contributed by atoms with van der Waals surface area (Å²) < 4.78 is 29.3. The summed E-state index contributed by atoms with van der Waals surface area (Å²) in [5.74, 6) is 0.502. The van der Waals surface area contributed by atoms with Crippen LogP contribution in [0, 0.1) is 5.82 Å². The van der Waals surface area contributed by atoms with Crippen molar-refractivity contribution in [3.63, 3.8) is 0 Å². The highest BCUT2D eigenvalue weighted by Gasteiger charge is 2.34. The van der Waals surface area contributed by atoms with Crippen LogP contribution in [0.25, 0.3) is 0 Å². The van der Waals surface area contributed by atoms with Gasteiger partial charge >= 0.3 is 0 Å². The summed E-state index contributed by atoms with van der Waals surface area (Å²) in [4.78, 5) is 12.2. The first kappa shape index (κ1) is 19.2. The van der Waals surface area contributed by atoms with Crippen molar-refractivity contribution in [1.29, 1.82) is 0 Å². The van der Waals surface area contributed by atoms with E-state index >= 15 is 0 Å². The topological polar surface area (TPSA) is 56.8 Å². The van der Waals surface area contributed by atoms with Gasteiger partial charge in [0.2, 0.25) is 0 Å². The van der Waals surface area contributed by atoms with Gasteiger partial charge in [-0.25, -0.2) is 4.39 Å². The monoisotopic (exact) mass is 373 g/mol. The number of amides is 1. The minimum atomic E-state index is -0.395. The Bertz CT molecular complexity index is 757. The van der Waals surface area contributed by atoms with Crippen molar-refractivity contribution >= 4 is 5.91 Å². The van der Waals surface area contributed by atoms with Gasteiger partial charge < -0.3 is 19.5 Å². The van der Waals surface area contributed by atoms with Crippen LogP contribution in [-0.2, 0) is 14.9 Å². The lowest BCUT2D eigenvalue weighted by Gasteiger charge is -2.38. The van der Waals surface area contributed by atoms with E-state index in [0.717, 1.165) is 24.2 Å². The average Bonchev–Trinajstić information content (AvgIpc) is 2.71. The number of rotatable bonds is 7. The van der Waals surface area contributed by atoms with Crippen molar-refractivity contribution in [3.05, 3.63) is 59.9 Å². The molecule has 5 nitrogen and oxygen atoms in total. The van der Waals surface area contributed by atoms with Gasteiger partial charge in [-0.1, -0.05) is 18.2 Å². The van der Waals surface area contributed by atoms with Gasteiger partial charge in [0, 0.05) is 31.2 Å². The van der Waals surface area contributed by atoms with Gasteiger partial charge in [-0.05, 0) is 42.7 Å². The largest absolute Gasteiger partial charge is 0.497 e. The van der Waals surface area contributed by atoms with Crippen molar-refractivity contribution < 1.29 is 23.4 Å². The maximum absolute atomic E-state index is 13.2. The van der Waals surface area contributed by atoms with E-state index < -0.39 is 5.82 Å². The molecule has 2 aromatic rings. The molecule has 0 spiro atoms. The number of hydrogen-bond donors (Lipinski definition) is 1. The van der Waals surface area contributed by atoms with E-state index in [1.165, 1.54) is 12.1 Å². The Morgan fingerprint density at radius 3 is 2.56 bits per heavy atom. The Balaban J connectivity index is 1.61. The maximum Gasteiger partial charge on any atom is 0.257 e. The van der Waals surface area contributed by atoms with Crippen LogP contribution in [0.1, 0.15) is 18.4 Å². The lowest BCUT2D eigenvalue weighted by molar-refractivity contribution is -0.123. The quantitative estimate of drug-likeness (QED) is 0.810. The Hall–Kier alpha value is -2.60. The summed E-state index contributed by atoms with van der Waals surface area (Å²) in [5.41, 5.74) is 0.969. The Labute approximate surface area is 158 Å². The summed E-state index contributed by atoms with van der Waals surface area (Å²) in [5, 5.41) is 2.96. The molecule has 1 aliphatic heterocycles. The van der Waals surface area contributed by atoms with E-state index in [9.17, 15) is 9.18 Å². The molecule has 1 fully saturated rings. The SMILES string of the molecule is COc1ccc(C2(CNC(=O)COc3cccc(F)c3)CCOCC2)cc1. The number of benzene rings is 2. The number of nitrogens with one attached hydrogen (secondary N) is 1. The second kappa shape index (κ2) is 8.86. The fourth-order valence-electron chi connectivity index (χ4n) is 3.30. The van der Waals surface area contributed by atoms with E-state index in [4.69, 9.17) is 14.2 Å². The Morgan fingerprint density at radius 1 is 1.15 bits per heavy atom. The average molecular weight is 373 g/mol. The number of ether oxygens (including phenoxy) is 3. The Kier molecular flexibility index (Phi) is 6.29. The lowest BCUT2D eigenvalue weighted by Crippen LogP contribution is -2.45. The molecule has 1 heterocycles. The summed E-state index contributed by atoms with van der Waals surface area (Å²) in [6, 6.07) is 13.7. The highest BCUT2D eigenvalue weighted by atomic mass is 19.1. The summed E-state index contributed by atoms with van der Waals surface area (Å²) in [7, 11) is 1.64. The zero-order chi connectivity index (χ0) is 19.1. The van der Waals surface area contributed by atoms with Gasteiger partial charge in [0.1, 0.15) is 17.3 Å². The van der Waals surface area contributed by atoms with E-state index in [1.54, 1.807) is 19.2 Å². The van der Waals surface area contributed by atoms with Gasteiger partial charge in [-0.15, -0.1) is 0 Å². The van der Waals surface area contributed by atoms with Gasteiger partial charge in [0.25, 0.3) is 5.91 Å². The molecule has 3 rings (SSSR count). The van der Waals surface area contributed by atoms with Crippen LogP contribution < -0.4 is 14.8 Å². The normalized spacial score (nSPS) is 15.8. The standard InChI is InChI=1S/C21H24FNO4/c1-25-18-7-5-16(6-8-18)21(9-11-26-12-10-21)15-23-20(24)14-27-19-4-2-3-17(22)13-19/h2-8,13H,9-12,14-15H2,1H3,(H,23,24). The first-order valence-corrected chi connectivity index (χ1v) is 8.99. The predicted molar refractivity (Wildman–Crippen MR) is 99.6 cm³/mol. The molecule has 0 radical (unpaired) electrons. The molecule has 2 aromatic carbocycles. The third kappa shape index (κ3) is 4.98. The number of hydrogen-bond acceptors (Lipinski definition) is 4. The van der Waals surface area contributed by atoms with E-state index in [0.29, 0.717) is 25.5 Å². The van der Waals surface area contributed by atoms with Gasteiger partial charge in [0.05, 0.1) is 7.11 Å². The fraction of sp³-hybridized carbons (Fsp3) is 0.381. The molecule has 1 saturated heterocycles. The molecule has 0 aromatic heterocycles. The van der Waals surface area contributed by atoms with Crippen LogP contribution in [0.3, 0.4) is 0 Å². The van der Waals surface area contributed by atoms with Crippen LogP contribution in [0.15, 0.2) is 48.5 Å². The molecule has 0 atom stereocenters.